The SMILES string of the molecule is Cc1ccc(S(=O)(=O)N2C[C@@H](C)O[C@H](C)C2)cc1C. The molecule has 1 heterocycles. The summed E-state index contributed by atoms with van der Waals surface area (Å²) in [4.78, 5) is 0.372. The number of nitrogens with zero attached hydrogens (tertiary/aromatic N) is 1. The molecule has 0 amide bonds. The predicted octanol–water partition coefficient (Wildman–Crippen LogP) is 2.10. The molecule has 0 radical (unpaired) electrons. The van der Waals surface area contributed by atoms with Crippen molar-refractivity contribution in [3.63, 3.8) is 0 Å². The zero-order chi connectivity index (χ0) is 14.2. The van der Waals surface area contributed by atoms with Crippen molar-refractivity contribution in [1.29, 1.82) is 0 Å². The summed E-state index contributed by atoms with van der Waals surface area (Å²) < 4.78 is 32.3. The zero-order valence-electron chi connectivity index (χ0n) is 11.9. The van der Waals surface area contributed by atoms with Crippen LogP contribution in [0.25, 0.3) is 0 Å². The van der Waals surface area contributed by atoms with Crippen LogP contribution < -0.4 is 0 Å². The molecule has 1 aromatic rings. The number of hydrogen-bond donors (Lipinski definition) is 0. The fraction of sp³-hybridized carbons (Fsp3) is 0.571. The summed E-state index contributed by atoms with van der Waals surface area (Å²) >= 11 is 0. The topological polar surface area (TPSA) is 46.6 Å². The lowest BCUT2D eigenvalue weighted by Crippen LogP contribution is -2.48. The highest BCUT2D eigenvalue weighted by atomic mass is 32.2. The van der Waals surface area contributed by atoms with E-state index in [2.05, 4.69) is 0 Å². The van der Waals surface area contributed by atoms with Gasteiger partial charge in [0.05, 0.1) is 17.1 Å². The molecule has 2 rings (SSSR count). The van der Waals surface area contributed by atoms with Gasteiger partial charge in [-0.05, 0) is 51.0 Å². The first-order valence-corrected chi connectivity index (χ1v) is 7.97. The van der Waals surface area contributed by atoms with Crippen LogP contribution in [0.15, 0.2) is 23.1 Å². The van der Waals surface area contributed by atoms with Crippen LogP contribution in [-0.4, -0.2) is 38.0 Å². The Morgan fingerprint density at radius 1 is 1.11 bits per heavy atom. The summed E-state index contributed by atoms with van der Waals surface area (Å²) in [6, 6.07) is 5.29. The second-order valence-electron chi connectivity index (χ2n) is 5.33. The third kappa shape index (κ3) is 2.99. The Balaban J connectivity index is 2.33. The summed E-state index contributed by atoms with van der Waals surface area (Å²) in [5.41, 5.74) is 2.10. The van der Waals surface area contributed by atoms with Gasteiger partial charge in [0.1, 0.15) is 0 Å². The second kappa shape index (κ2) is 5.23. The lowest BCUT2D eigenvalue weighted by molar-refractivity contribution is -0.0440. The van der Waals surface area contributed by atoms with E-state index in [1.807, 2.05) is 33.8 Å². The van der Waals surface area contributed by atoms with Crippen molar-refractivity contribution in [2.24, 2.45) is 0 Å². The van der Waals surface area contributed by atoms with Gasteiger partial charge in [0, 0.05) is 13.1 Å². The molecule has 2 atom stereocenters. The Labute approximate surface area is 115 Å². The van der Waals surface area contributed by atoms with E-state index in [9.17, 15) is 8.42 Å². The summed E-state index contributed by atoms with van der Waals surface area (Å²) in [7, 11) is -3.41. The smallest absolute Gasteiger partial charge is 0.243 e. The first-order valence-electron chi connectivity index (χ1n) is 6.53. The van der Waals surface area contributed by atoms with E-state index in [1.54, 1.807) is 12.1 Å². The zero-order valence-corrected chi connectivity index (χ0v) is 12.7. The van der Waals surface area contributed by atoms with Crippen LogP contribution >= 0.6 is 0 Å². The molecule has 1 aliphatic rings. The molecule has 0 unspecified atom stereocenters. The van der Waals surface area contributed by atoms with Crippen LogP contribution in [0.3, 0.4) is 0 Å². The van der Waals surface area contributed by atoms with Crippen LogP contribution in [-0.2, 0) is 14.8 Å². The average molecular weight is 283 g/mol. The summed E-state index contributed by atoms with van der Waals surface area (Å²) in [5, 5.41) is 0. The quantitative estimate of drug-likeness (QED) is 0.835. The Morgan fingerprint density at radius 3 is 2.21 bits per heavy atom. The molecule has 106 valence electrons. The molecular formula is C14H21NO3S. The maximum Gasteiger partial charge on any atom is 0.243 e. The van der Waals surface area contributed by atoms with Crippen LogP contribution in [0.5, 0.6) is 0 Å². The Kier molecular flexibility index (Phi) is 3.99. The molecule has 0 bridgehead atoms. The number of ether oxygens (including phenoxy) is 1. The standard InChI is InChI=1S/C14H21NO3S/c1-10-5-6-14(7-11(10)2)19(16,17)15-8-12(3)18-13(4)9-15/h5-7,12-13H,8-9H2,1-4H3/t12-,13-/m1/s1. The van der Waals surface area contributed by atoms with Gasteiger partial charge < -0.3 is 4.74 Å². The van der Waals surface area contributed by atoms with E-state index < -0.39 is 10.0 Å². The first-order chi connectivity index (χ1) is 8.80. The van der Waals surface area contributed by atoms with Crippen LogP contribution in [0.2, 0.25) is 0 Å². The number of hydrogen-bond acceptors (Lipinski definition) is 3. The van der Waals surface area contributed by atoms with E-state index in [0.717, 1.165) is 11.1 Å². The van der Waals surface area contributed by atoms with Crippen LogP contribution in [0.4, 0.5) is 0 Å². The molecule has 1 saturated heterocycles. The average Bonchev–Trinajstić information content (AvgIpc) is 2.31. The first kappa shape index (κ1) is 14.5. The van der Waals surface area contributed by atoms with Crippen molar-refractivity contribution in [3.05, 3.63) is 29.3 Å². The number of sulfonamides is 1. The van der Waals surface area contributed by atoms with E-state index >= 15 is 0 Å². The minimum absolute atomic E-state index is 0.0647. The van der Waals surface area contributed by atoms with Crippen molar-refractivity contribution in [2.45, 2.75) is 44.8 Å². The summed E-state index contributed by atoms with van der Waals surface area (Å²) in [5.74, 6) is 0. The van der Waals surface area contributed by atoms with Gasteiger partial charge in [-0.1, -0.05) is 6.07 Å². The highest BCUT2D eigenvalue weighted by molar-refractivity contribution is 7.89. The normalized spacial score (nSPS) is 25.5. The molecule has 0 spiro atoms. The maximum absolute atomic E-state index is 12.6. The minimum atomic E-state index is -3.41. The molecule has 0 N–H and O–H groups in total. The lowest BCUT2D eigenvalue weighted by atomic mass is 10.1. The van der Waals surface area contributed by atoms with Crippen molar-refractivity contribution in [1.82, 2.24) is 4.31 Å². The third-order valence-corrected chi connectivity index (χ3v) is 5.33. The molecule has 1 aliphatic heterocycles. The van der Waals surface area contributed by atoms with Gasteiger partial charge in [0.25, 0.3) is 0 Å². The van der Waals surface area contributed by atoms with Gasteiger partial charge in [0.2, 0.25) is 10.0 Å². The van der Waals surface area contributed by atoms with E-state index in [1.165, 1.54) is 4.31 Å². The Hall–Kier alpha value is -0.910. The summed E-state index contributed by atoms with van der Waals surface area (Å²) in [6.07, 6.45) is -0.129. The Morgan fingerprint density at radius 2 is 1.68 bits per heavy atom. The molecule has 0 aromatic heterocycles. The number of rotatable bonds is 2. The largest absolute Gasteiger partial charge is 0.373 e. The predicted molar refractivity (Wildman–Crippen MR) is 74.7 cm³/mol. The highest BCUT2D eigenvalue weighted by Gasteiger charge is 2.32. The van der Waals surface area contributed by atoms with E-state index in [-0.39, 0.29) is 12.2 Å². The molecular weight excluding hydrogens is 262 g/mol. The molecule has 1 aromatic carbocycles. The van der Waals surface area contributed by atoms with Gasteiger partial charge in [-0.3, -0.25) is 0 Å². The Bertz CT molecular complexity index is 558. The van der Waals surface area contributed by atoms with Crippen LogP contribution in [0.1, 0.15) is 25.0 Å². The highest BCUT2D eigenvalue weighted by Crippen LogP contribution is 2.22. The molecule has 1 fully saturated rings. The third-order valence-electron chi connectivity index (χ3n) is 3.50. The number of aryl methyl sites for hydroxylation is 2. The molecule has 0 saturated carbocycles. The molecule has 0 aliphatic carbocycles. The number of benzene rings is 1. The fourth-order valence-corrected chi connectivity index (χ4v) is 4.03. The summed E-state index contributed by atoms with van der Waals surface area (Å²) in [6.45, 7) is 8.54. The maximum atomic E-state index is 12.6. The van der Waals surface area contributed by atoms with Gasteiger partial charge in [-0.15, -0.1) is 0 Å². The van der Waals surface area contributed by atoms with Gasteiger partial charge in [-0.2, -0.15) is 4.31 Å². The molecule has 4 nitrogen and oxygen atoms in total. The van der Waals surface area contributed by atoms with Crippen molar-refractivity contribution in [2.75, 3.05) is 13.1 Å². The van der Waals surface area contributed by atoms with E-state index in [0.29, 0.717) is 18.0 Å². The lowest BCUT2D eigenvalue weighted by Gasteiger charge is -2.34. The minimum Gasteiger partial charge on any atom is -0.373 e. The van der Waals surface area contributed by atoms with Gasteiger partial charge >= 0.3 is 0 Å². The molecule has 5 heteroatoms. The van der Waals surface area contributed by atoms with E-state index in [4.69, 9.17) is 4.74 Å². The fourth-order valence-electron chi connectivity index (χ4n) is 2.35. The van der Waals surface area contributed by atoms with Gasteiger partial charge in [-0.25, -0.2) is 8.42 Å². The van der Waals surface area contributed by atoms with Crippen molar-refractivity contribution in [3.8, 4) is 0 Å². The van der Waals surface area contributed by atoms with Crippen LogP contribution in [0, 0.1) is 13.8 Å². The second-order valence-corrected chi connectivity index (χ2v) is 7.26. The molecule has 19 heavy (non-hydrogen) atoms. The van der Waals surface area contributed by atoms with Crippen molar-refractivity contribution >= 4 is 10.0 Å². The van der Waals surface area contributed by atoms with Crippen molar-refractivity contribution < 1.29 is 13.2 Å². The van der Waals surface area contributed by atoms with Gasteiger partial charge in [0.15, 0.2) is 0 Å². The monoisotopic (exact) mass is 283 g/mol. The number of morpholine rings is 1.